The summed E-state index contributed by atoms with van der Waals surface area (Å²) in [5.74, 6) is 0. The number of nitrogens with two attached hydrogens (primary N) is 1. The fourth-order valence-corrected chi connectivity index (χ4v) is 2.68. The topological polar surface area (TPSA) is 38.9 Å². The van der Waals surface area contributed by atoms with Gasteiger partial charge >= 0.3 is 10.2 Å². The zero-order chi connectivity index (χ0) is 12.3. The molecule has 16 heavy (non-hydrogen) atoms. The van der Waals surface area contributed by atoms with Gasteiger partial charge in [0.15, 0.2) is 5.13 Å². The Morgan fingerprint density at radius 2 is 1.75 bits per heavy atom. The Morgan fingerprint density at radius 3 is 2.31 bits per heavy atom. The van der Waals surface area contributed by atoms with Crippen LogP contribution in [0.5, 0.6) is 0 Å². The zero-order valence-electron chi connectivity index (χ0n) is 7.46. The number of benzene rings is 1. The molecule has 2 aromatic rings. The van der Waals surface area contributed by atoms with E-state index in [-0.39, 0.29) is 15.3 Å². The largest absolute Gasteiger partial charge is 0.375 e. The van der Waals surface area contributed by atoms with Crippen molar-refractivity contribution in [3.05, 3.63) is 18.2 Å². The van der Waals surface area contributed by atoms with E-state index in [1.165, 1.54) is 0 Å². The van der Waals surface area contributed by atoms with Crippen LogP contribution in [0, 0.1) is 0 Å². The van der Waals surface area contributed by atoms with Crippen molar-refractivity contribution in [1.29, 1.82) is 0 Å². The highest BCUT2D eigenvalue weighted by molar-refractivity contribution is 8.45. The molecule has 0 fully saturated rings. The number of fused-ring (bicyclic) bond motifs is 1. The summed E-state index contributed by atoms with van der Waals surface area (Å²) in [6.45, 7) is 0. The maximum absolute atomic E-state index is 12.4. The van der Waals surface area contributed by atoms with Gasteiger partial charge in [-0.25, -0.2) is 4.98 Å². The molecule has 0 unspecified atom stereocenters. The quantitative estimate of drug-likeness (QED) is 0.777. The highest BCUT2D eigenvalue weighted by atomic mass is 32.5. The van der Waals surface area contributed by atoms with Gasteiger partial charge in [-0.1, -0.05) is 30.8 Å². The molecule has 0 aliphatic heterocycles. The molecule has 0 amide bonds. The first kappa shape index (κ1) is 11.4. The van der Waals surface area contributed by atoms with Crippen LogP contribution in [-0.4, -0.2) is 4.98 Å². The number of aromatic nitrogens is 1. The SMILES string of the molecule is Nc1nc2ccc(S(F)(F)(F)(F)F)cc2s1. The second-order valence-electron chi connectivity index (χ2n) is 3.15. The van der Waals surface area contributed by atoms with Crippen molar-refractivity contribution in [2.45, 2.75) is 4.90 Å². The number of thiazole rings is 1. The third-order valence-electron chi connectivity index (χ3n) is 1.82. The summed E-state index contributed by atoms with van der Waals surface area (Å²) in [7, 11) is -9.61. The number of nitrogen functional groups attached to an aromatic ring is 1. The van der Waals surface area contributed by atoms with Crippen LogP contribution in [-0.2, 0) is 0 Å². The van der Waals surface area contributed by atoms with Gasteiger partial charge in [0.25, 0.3) is 0 Å². The predicted octanol–water partition coefficient (Wildman–Crippen LogP) is 4.54. The summed E-state index contributed by atoms with van der Waals surface area (Å²) in [6.07, 6.45) is 0. The van der Waals surface area contributed by atoms with Crippen molar-refractivity contribution < 1.29 is 19.4 Å². The number of nitrogens with zero attached hydrogens (tertiary/aromatic N) is 1. The van der Waals surface area contributed by atoms with E-state index in [1.807, 2.05) is 0 Å². The molecule has 0 atom stereocenters. The van der Waals surface area contributed by atoms with Gasteiger partial charge in [-0.05, 0) is 18.2 Å². The standard InChI is InChI=1S/C7H5F5N2S2/c8-16(9,10,11,12)4-1-2-5-6(3-4)15-7(13)14-5/h1-3H,(H2,13,14). The minimum absolute atomic E-state index is 0.0109. The van der Waals surface area contributed by atoms with Crippen LogP contribution in [0.1, 0.15) is 0 Å². The monoisotopic (exact) mass is 276 g/mol. The highest BCUT2D eigenvalue weighted by Gasteiger charge is 2.65. The molecule has 2 rings (SSSR count). The molecular weight excluding hydrogens is 271 g/mol. The number of hydrogen-bond donors (Lipinski definition) is 1. The van der Waals surface area contributed by atoms with Gasteiger partial charge in [0.05, 0.1) is 10.2 Å². The van der Waals surface area contributed by atoms with Crippen LogP contribution in [0.15, 0.2) is 23.1 Å². The lowest BCUT2D eigenvalue weighted by molar-refractivity contribution is 0.364. The predicted molar refractivity (Wildman–Crippen MR) is 55.4 cm³/mol. The minimum Gasteiger partial charge on any atom is -0.375 e. The van der Waals surface area contributed by atoms with Crippen LogP contribution in [0.2, 0.25) is 0 Å². The van der Waals surface area contributed by atoms with Gasteiger partial charge in [0, 0.05) is 0 Å². The Balaban J connectivity index is 2.74. The Bertz CT molecular complexity index is 573. The second kappa shape index (κ2) is 2.43. The van der Waals surface area contributed by atoms with E-state index in [1.54, 1.807) is 0 Å². The van der Waals surface area contributed by atoms with Crippen LogP contribution in [0.3, 0.4) is 0 Å². The van der Waals surface area contributed by atoms with Crippen LogP contribution in [0.25, 0.3) is 10.2 Å². The van der Waals surface area contributed by atoms with Gasteiger partial charge in [0.1, 0.15) is 4.90 Å². The number of anilines is 1. The molecule has 0 aliphatic carbocycles. The van der Waals surface area contributed by atoms with E-state index in [0.717, 1.165) is 17.4 Å². The number of rotatable bonds is 1. The molecule has 0 aliphatic rings. The molecule has 2 nitrogen and oxygen atoms in total. The van der Waals surface area contributed by atoms with Crippen molar-refractivity contribution in [2.24, 2.45) is 0 Å². The summed E-state index contributed by atoms with van der Waals surface area (Å²) in [6, 6.07) is 1.59. The Labute approximate surface area is 90.6 Å². The normalized spacial score (nSPS) is 17.1. The first-order valence-electron chi connectivity index (χ1n) is 3.86. The first-order valence-corrected chi connectivity index (χ1v) is 6.63. The maximum Gasteiger partial charge on any atom is 0.310 e. The molecule has 1 aromatic carbocycles. The summed E-state index contributed by atoms with van der Waals surface area (Å²) < 4.78 is 62.2. The lowest BCUT2D eigenvalue weighted by Gasteiger charge is -2.40. The molecule has 1 heterocycles. The molecule has 90 valence electrons. The Kier molecular flexibility index (Phi) is 1.73. The van der Waals surface area contributed by atoms with Gasteiger partial charge in [-0.15, -0.1) is 0 Å². The third kappa shape index (κ3) is 2.05. The van der Waals surface area contributed by atoms with E-state index >= 15 is 0 Å². The van der Waals surface area contributed by atoms with Crippen molar-refractivity contribution in [1.82, 2.24) is 4.98 Å². The number of halogens is 5. The fraction of sp³-hybridized carbons (Fsp3) is 0. The molecule has 0 saturated heterocycles. The van der Waals surface area contributed by atoms with E-state index in [4.69, 9.17) is 5.73 Å². The Morgan fingerprint density at radius 1 is 1.12 bits per heavy atom. The molecule has 0 saturated carbocycles. The first-order chi connectivity index (χ1) is 6.95. The molecule has 0 radical (unpaired) electrons. The van der Waals surface area contributed by atoms with E-state index in [9.17, 15) is 19.4 Å². The highest BCUT2D eigenvalue weighted by Crippen LogP contribution is 3.02. The van der Waals surface area contributed by atoms with Crippen molar-refractivity contribution >= 4 is 36.9 Å². The molecule has 9 heteroatoms. The molecule has 0 bridgehead atoms. The zero-order valence-corrected chi connectivity index (χ0v) is 9.10. The van der Waals surface area contributed by atoms with Crippen LogP contribution < -0.4 is 5.73 Å². The summed E-state index contributed by atoms with van der Waals surface area (Å²) in [5, 5.41) is 0.0364. The summed E-state index contributed by atoms with van der Waals surface area (Å²) in [4.78, 5) is 1.76. The van der Waals surface area contributed by atoms with E-state index in [0.29, 0.717) is 12.1 Å². The van der Waals surface area contributed by atoms with E-state index < -0.39 is 15.1 Å². The van der Waals surface area contributed by atoms with E-state index in [2.05, 4.69) is 4.98 Å². The fourth-order valence-electron chi connectivity index (χ4n) is 1.16. The Hall–Kier alpha value is -1.09. The van der Waals surface area contributed by atoms with Crippen LogP contribution in [0.4, 0.5) is 24.6 Å². The van der Waals surface area contributed by atoms with Crippen molar-refractivity contribution in [3.8, 4) is 0 Å². The lowest BCUT2D eigenvalue weighted by Crippen LogP contribution is -2.05. The summed E-state index contributed by atoms with van der Waals surface area (Å²) >= 11 is 0.732. The number of hydrogen-bond acceptors (Lipinski definition) is 3. The van der Waals surface area contributed by atoms with Gasteiger partial charge in [-0.3, -0.25) is 0 Å². The maximum atomic E-state index is 12.4. The van der Waals surface area contributed by atoms with Crippen molar-refractivity contribution in [3.63, 3.8) is 0 Å². The molecule has 2 N–H and O–H groups in total. The van der Waals surface area contributed by atoms with Crippen molar-refractivity contribution in [2.75, 3.05) is 5.73 Å². The van der Waals surface area contributed by atoms with Gasteiger partial charge in [-0.2, -0.15) is 0 Å². The molecule has 1 aromatic heterocycles. The molecule has 0 spiro atoms. The van der Waals surface area contributed by atoms with Gasteiger partial charge in [0.2, 0.25) is 0 Å². The smallest absolute Gasteiger partial charge is 0.310 e. The van der Waals surface area contributed by atoms with Gasteiger partial charge < -0.3 is 5.73 Å². The second-order valence-corrected chi connectivity index (χ2v) is 6.62. The average molecular weight is 276 g/mol. The van der Waals surface area contributed by atoms with Crippen LogP contribution >= 0.6 is 21.6 Å². The summed E-state index contributed by atoms with van der Waals surface area (Å²) in [5.41, 5.74) is 5.44. The lowest BCUT2D eigenvalue weighted by atomic mass is 10.3. The average Bonchev–Trinajstić information content (AvgIpc) is 2.38. The molecular formula is C7H5F5N2S2. The third-order valence-corrected chi connectivity index (χ3v) is 3.81. The minimum atomic E-state index is -9.61.